The van der Waals surface area contributed by atoms with Gasteiger partial charge in [0.15, 0.2) is 5.52 Å². The fourth-order valence-corrected chi connectivity index (χ4v) is 13.3. The summed E-state index contributed by atoms with van der Waals surface area (Å²) in [4.78, 5) is 13.8. The van der Waals surface area contributed by atoms with Crippen LogP contribution in [0.2, 0.25) is 0 Å². The van der Waals surface area contributed by atoms with Gasteiger partial charge in [0.1, 0.15) is 0 Å². The molecule has 3 rings (SSSR count). The molecule has 132 valence electrons. The molecule has 2 aromatic rings. The molecule has 0 spiro atoms. The van der Waals surface area contributed by atoms with E-state index in [1.165, 1.54) is 29.9 Å². The van der Waals surface area contributed by atoms with Crippen molar-refractivity contribution in [2.45, 2.75) is 52.6 Å². The standard InChI is InChI=1S/C22H28OP2/c1-5-19-12-9-13-24(20-10-7-6-8-11-20)25(19)22(23)21-17(3)14-16(2)15-18(21)4/h6-8,10-11,14-15,19H,5,9,12-13H2,1-4H3. The summed E-state index contributed by atoms with van der Waals surface area (Å²) in [6.07, 6.45) is 4.85. The lowest BCUT2D eigenvalue weighted by atomic mass is 10.0. The number of hydrogen-bond acceptors (Lipinski definition) is 1. The first-order chi connectivity index (χ1) is 12.0. The third kappa shape index (κ3) is 3.89. The van der Waals surface area contributed by atoms with E-state index >= 15 is 0 Å². The van der Waals surface area contributed by atoms with Crippen LogP contribution in [0.3, 0.4) is 0 Å². The molecule has 3 atom stereocenters. The molecule has 0 aromatic heterocycles. The van der Waals surface area contributed by atoms with Crippen molar-refractivity contribution < 1.29 is 4.79 Å². The van der Waals surface area contributed by atoms with Gasteiger partial charge in [0, 0.05) is 13.2 Å². The summed E-state index contributed by atoms with van der Waals surface area (Å²) < 4.78 is 0. The second kappa shape index (κ2) is 8.11. The van der Waals surface area contributed by atoms with Gasteiger partial charge in [-0.1, -0.05) is 55.0 Å². The molecule has 0 N–H and O–H groups in total. The number of hydrogen-bond donors (Lipinski definition) is 0. The molecule has 1 saturated heterocycles. The van der Waals surface area contributed by atoms with Crippen molar-refractivity contribution in [1.29, 1.82) is 0 Å². The third-order valence-electron chi connectivity index (χ3n) is 5.14. The van der Waals surface area contributed by atoms with Crippen molar-refractivity contribution in [2.75, 3.05) is 6.16 Å². The number of carbonyl (C=O) groups excluding carboxylic acids is 1. The van der Waals surface area contributed by atoms with Gasteiger partial charge in [0.25, 0.3) is 0 Å². The number of rotatable bonds is 4. The highest BCUT2D eigenvalue weighted by molar-refractivity contribution is 8.39. The zero-order valence-corrected chi connectivity index (χ0v) is 17.5. The van der Waals surface area contributed by atoms with Gasteiger partial charge in [-0.2, -0.15) is 0 Å². The molecule has 0 amide bonds. The smallest absolute Gasteiger partial charge is 0.189 e. The zero-order valence-electron chi connectivity index (χ0n) is 15.7. The van der Waals surface area contributed by atoms with Crippen LogP contribution < -0.4 is 5.30 Å². The largest absolute Gasteiger partial charge is 0.289 e. The molecule has 25 heavy (non-hydrogen) atoms. The summed E-state index contributed by atoms with van der Waals surface area (Å²) in [6, 6.07) is 15.2. The first kappa shape index (κ1) is 18.8. The Bertz CT molecular complexity index is 731. The normalized spacial score (nSPS) is 23.4. The van der Waals surface area contributed by atoms with Gasteiger partial charge in [-0.25, -0.2) is 0 Å². The van der Waals surface area contributed by atoms with Crippen LogP contribution in [0.4, 0.5) is 0 Å². The molecule has 1 aliphatic rings. The Morgan fingerprint density at radius 3 is 2.32 bits per heavy atom. The van der Waals surface area contributed by atoms with E-state index in [-0.39, 0.29) is 7.61 Å². The minimum atomic E-state index is -0.629. The van der Waals surface area contributed by atoms with Crippen molar-refractivity contribution in [3.05, 3.63) is 64.7 Å². The maximum absolute atomic E-state index is 13.8. The summed E-state index contributed by atoms with van der Waals surface area (Å²) in [5.41, 5.74) is 5.64. The quantitative estimate of drug-likeness (QED) is 0.559. The second-order valence-electron chi connectivity index (χ2n) is 7.09. The van der Waals surface area contributed by atoms with E-state index in [2.05, 4.69) is 70.2 Å². The van der Waals surface area contributed by atoms with Crippen LogP contribution in [-0.4, -0.2) is 17.3 Å². The van der Waals surface area contributed by atoms with E-state index in [0.717, 1.165) is 23.1 Å². The number of aryl methyl sites for hydroxylation is 3. The van der Waals surface area contributed by atoms with Gasteiger partial charge in [-0.15, -0.1) is 0 Å². The fourth-order valence-electron chi connectivity index (χ4n) is 4.04. The SMILES string of the molecule is CCC1CCCP(c2ccccc2)P1C(=O)c1c(C)cc(C)cc1C. The van der Waals surface area contributed by atoms with Crippen molar-refractivity contribution in [3.8, 4) is 0 Å². The van der Waals surface area contributed by atoms with Crippen LogP contribution in [-0.2, 0) is 0 Å². The summed E-state index contributed by atoms with van der Waals surface area (Å²) in [5.74, 6) is 0. The van der Waals surface area contributed by atoms with Crippen LogP contribution >= 0.6 is 15.2 Å². The molecule has 3 heteroatoms. The molecule has 3 unspecified atom stereocenters. The maximum Gasteiger partial charge on any atom is 0.189 e. The van der Waals surface area contributed by atoms with Crippen LogP contribution in [0, 0.1) is 20.8 Å². The van der Waals surface area contributed by atoms with Gasteiger partial charge < -0.3 is 0 Å². The third-order valence-corrected chi connectivity index (χ3v) is 13.6. The minimum absolute atomic E-state index is 0.356. The summed E-state index contributed by atoms with van der Waals surface area (Å²) in [5, 5.41) is 1.43. The molecule has 1 aliphatic heterocycles. The van der Waals surface area contributed by atoms with E-state index in [4.69, 9.17) is 0 Å². The molecule has 1 fully saturated rings. The van der Waals surface area contributed by atoms with Crippen molar-refractivity contribution in [2.24, 2.45) is 0 Å². The fraction of sp³-hybridized carbons (Fsp3) is 0.409. The highest BCUT2D eigenvalue weighted by Gasteiger charge is 2.38. The minimum Gasteiger partial charge on any atom is -0.289 e. The Kier molecular flexibility index (Phi) is 6.08. The van der Waals surface area contributed by atoms with Crippen LogP contribution in [0.15, 0.2) is 42.5 Å². The lowest BCUT2D eigenvalue weighted by Gasteiger charge is -2.38. The molecular formula is C22H28OP2. The molecule has 0 radical (unpaired) electrons. The van der Waals surface area contributed by atoms with E-state index in [0.29, 0.717) is 11.2 Å². The van der Waals surface area contributed by atoms with Crippen LogP contribution in [0.25, 0.3) is 0 Å². The van der Waals surface area contributed by atoms with E-state index < -0.39 is 7.61 Å². The second-order valence-corrected chi connectivity index (χ2v) is 13.4. The lowest BCUT2D eigenvalue weighted by Crippen LogP contribution is -2.20. The van der Waals surface area contributed by atoms with Gasteiger partial charge in [0.05, 0.1) is 0 Å². The average molecular weight is 370 g/mol. The van der Waals surface area contributed by atoms with E-state index in [9.17, 15) is 4.79 Å². The molecule has 1 heterocycles. The summed E-state index contributed by atoms with van der Waals surface area (Å²) in [6.45, 7) is 8.61. The van der Waals surface area contributed by atoms with Gasteiger partial charge >= 0.3 is 0 Å². The molecular weight excluding hydrogens is 342 g/mol. The molecule has 2 aromatic carbocycles. The Labute approximate surface area is 154 Å². The lowest BCUT2D eigenvalue weighted by molar-refractivity contribution is 0.108. The predicted molar refractivity (Wildman–Crippen MR) is 113 cm³/mol. The average Bonchev–Trinajstić information content (AvgIpc) is 2.60. The molecule has 0 bridgehead atoms. The first-order valence-electron chi connectivity index (χ1n) is 9.26. The first-order valence-corrected chi connectivity index (χ1v) is 12.9. The Hall–Kier alpha value is -1.03. The molecule has 0 aliphatic carbocycles. The monoisotopic (exact) mass is 370 g/mol. The van der Waals surface area contributed by atoms with Gasteiger partial charge in [0.2, 0.25) is 0 Å². The molecule has 1 nitrogen and oxygen atoms in total. The predicted octanol–water partition coefficient (Wildman–Crippen LogP) is 6.53. The summed E-state index contributed by atoms with van der Waals surface area (Å²) >= 11 is 0. The number of carbonyl (C=O) groups is 1. The van der Waals surface area contributed by atoms with Crippen molar-refractivity contribution >= 4 is 26.0 Å². The van der Waals surface area contributed by atoms with Crippen molar-refractivity contribution in [3.63, 3.8) is 0 Å². The molecule has 0 saturated carbocycles. The van der Waals surface area contributed by atoms with E-state index in [1.807, 2.05) is 0 Å². The van der Waals surface area contributed by atoms with Crippen LogP contribution in [0.5, 0.6) is 0 Å². The van der Waals surface area contributed by atoms with Crippen LogP contribution in [0.1, 0.15) is 53.2 Å². The highest BCUT2D eigenvalue weighted by atomic mass is 32.1. The van der Waals surface area contributed by atoms with Gasteiger partial charge in [-0.05, 0) is 75.9 Å². The Balaban J connectivity index is 2.04. The maximum atomic E-state index is 13.8. The van der Waals surface area contributed by atoms with E-state index in [1.54, 1.807) is 0 Å². The highest BCUT2D eigenvalue weighted by Crippen LogP contribution is 2.75. The van der Waals surface area contributed by atoms with Gasteiger partial charge in [-0.3, -0.25) is 4.79 Å². The Morgan fingerprint density at radius 2 is 1.72 bits per heavy atom. The number of benzene rings is 2. The Morgan fingerprint density at radius 1 is 1.08 bits per heavy atom. The summed E-state index contributed by atoms with van der Waals surface area (Å²) in [7, 11) is -0.984. The zero-order chi connectivity index (χ0) is 18.0. The topological polar surface area (TPSA) is 17.1 Å². The van der Waals surface area contributed by atoms with Crippen molar-refractivity contribution in [1.82, 2.24) is 0 Å².